The average molecular weight is 773 g/mol. The molecular weight excluding hydrogens is 709 g/mol. The normalized spacial score (nSPS) is 28.0. The van der Waals surface area contributed by atoms with E-state index in [4.69, 9.17) is 0 Å². The summed E-state index contributed by atoms with van der Waals surface area (Å²) < 4.78 is 0. The van der Waals surface area contributed by atoms with E-state index in [1.165, 1.54) is 119 Å². The van der Waals surface area contributed by atoms with Gasteiger partial charge in [-0.3, -0.25) is 0 Å². The van der Waals surface area contributed by atoms with Gasteiger partial charge in [0.05, 0.1) is 16.1 Å². The van der Waals surface area contributed by atoms with Gasteiger partial charge in [-0.2, -0.15) is 0 Å². The van der Waals surface area contributed by atoms with E-state index in [-0.39, 0.29) is 21.9 Å². The maximum absolute atomic E-state index is 2.86. The van der Waals surface area contributed by atoms with Crippen LogP contribution in [0.2, 0.25) is 39.3 Å². The van der Waals surface area contributed by atoms with E-state index in [1.807, 2.05) is 0 Å². The molecule has 0 N–H and O–H groups in total. The number of hydrogen-bond acceptors (Lipinski definition) is 2. The van der Waals surface area contributed by atoms with Gasteiger partial charge in [-0.05, 0) is 120 Å². The number of nitrogens with zero attached hydrogens (tertiary/aromatic N) is 2. The number of fused-ring (bicyclic) bond motifs is 4. The zero-order chi connectivity index (χ0) is 39.2. The Kier molecular flexibility index (Phi) is 7.85. The minimum Gasteiger partial charge on any atom is -0.334 e. The quantitative estimate of drug-likeness (QED) is 0.130. The summed E-state index contributed by atoms with van der Waals surface area (Å²) in [7, 11) is -2.93. The van der Waals surface area contributed by atoms with Gasteiger partial charge < -0.3 is 9.80 Å². The highest BCUT2D eigenvalue weighted by molar-refractivity contribution is 6.89. The second-order valence-electron chi connectivity index (χ2n) is 21.9. The molecule has 290 valence electrons. The van der Waals surface area contributed by atoms with Crippen molar-refractivity contribution in [3.63, 3.8) is 0 Å². The lowest BCUT2D eigenvalue weighted by Gasteiger charge is -2.60. The largest absolute Gasteiger partial charge is 0.334 e. The van der Waals surface area contributed by atoms with Gasteiger partial charge in [0.1, 0.15) is 0 Å². The number of benzene rings is 6. The third-order valence-electron chi connectivity index (χ3n) is 16.5. The van der Waals surface area contributed by atoms with Crippen LogP contribution >= 0.6 is 0 Å². The molecule has 2 heterocycles. The van der Waals surface area contributed by atoms with Crippen LogP contribution in [-0.2, 0) is 12.8 Å². The summed E-state index contributed by atoms with van der Waals surface area (Å²) in [5.74, 6) is 0. The number of anilines is 4. The fourth-order valence-corrected chi connectivity index (χ4v) is 15.0. The summed E-state index contributed by atoms with van der Waals surface area (Å²) in [4.78, 5) is 5.72. The molecule has 4 atom stereocenters. The second-order valence-corrected chi connectivity index (χ2v) is 32.0. The van der Waals surface area contributed by atoms with Gasteiger partial charge >= 0.3 is 0 Å². The summed E-state index contributed by atoms with van der Waals surface area (Å²) >= 11 is 0. The van der Waals surface area contributed by atoms with Gasteiger partial charge in [0, 0.05) is 44.6 Å². The first kappa shape index (κ1) is 36.7. The van der Waals surface area contributed by atoms with Crippen molar-refractivity contribution in [2.75, 3.05) is 9.80 Å². The van der Waals surface area contributed by atoms with Crippen LogP contribution in [0.5, 0.6) is 0 Å². The van der Waals surface area contributed by atoms with E-state index in [2.05, 4.69) is 162 Å². The fourth-order valence-electron chi connectivity index (χ4n) is 12.6. The van der Waals surface area contributed by atoms with Crippen LogP contribution in [0.1, 0.15) is 90.2 Å². The van der Waals surface area contributed by atoms with Crippen molar-refractivity contribution in [1.82, 2.24) is 0 Å². The van der Waals surface area contributed by atoms with Crippen LogP contribution < -0.4 is 20.2 Å². The van der Waals surface area contributed by atoms with E-state index < -0.39 is 16.1 Å². The Labute approximate surface area is 339 Å². The molecule has 2 aliphatic heterocycles. The lowest BCUT2D eigenvalue weighted by atomic mass is 9.57. The van der Waals surface area contributed by atoms with E-state index in [0.29, 0.717) is 0 Å². The molecule has 6 aromatic carbocycles. The smallest absolute Gasteiger partial charge is 0.0776 e. The highest BCUT2D eigenvalue weighted by Crippen LogP contribution is 2.61. The van der Waals surface area contributed by atoms with Gasteiger partial charge in [-0.25, -0.2) is 0 Å². The van der Waals surface area contributed by atoms with Crippen LogP contribution in [0.25, 0.3) is 32.3 Å². The summed E-state index contributed by atoms with van der Waals surface area (Å²) in [5, 5.41) is 11.6. The van der Waals surface area contributed by atoms with Crippen molar-refractivity contribution in [3.8, 4) is 0 Å². The van der Waals surface area contributed by atoms with Crippen molar-refractivity contribution in [1.29, 1.82) is 0 Å². The fraction of sp³-hybridized carbons (Fsp3) is 0.462. The molecule has 56 heavy (non-hydrogen) atoms. The summed E-state index contributed by atoms with van der Waals surface area (Å²) in [6.45, 7) is 25.5. The number of hydrogen-bond donors (Lipinski definition) is 0. The molecule has 4 heteroatoms. The molecule has 6 aromatic rings. The standard InChI is InChI=1S/C52H64N2Si2/c1-49-27-11-13-29-51(49,3)53(43-25-19-39(55(5,6)7)31-37(43)33-49)45-23-17-35-16-22-42-46(24-18-36-15-21-41(45)47(35)48(36)42)54-44-26-20-40(56(8,9)10)32-38(44)34-50(2)28-12-14-30-52(50,54)4/h15-26,31-32H,11-14,27-30,33-34H2,1-10H3. The predicted octanol–water partition coefficient (Wildman–Crippen LogP) is 13.7. The minimum absolute atomic E-state index is 0.0409. The molecule has 2 fully saturated rings. The van der Waals surface area contributed by atoms with E-state index in [1.54, 1.807) is 21.5 Å². The number of rotatable bonds is 4. The molecule has 0 radical (unpaired) electrons. The Morgan fingerprint density at radius 1 is 0.429 bits per heavy atom. The molecule has 0 amide bonds. The Balaban J connectivity index is 1.22. The lowest BCUT2D eigenvalue weighted by molar-refractivity contribution is 0.0865. The van der Waals surface area contributed by atoms with Gasteiger partial charge in [-0.1, -0.05) is 150 Å². The van der Waals surface area contributed by atoms with Gasteiger partial charge in [0.2, 0.25) is 0 Å². The Bertz CT molecular complexity index is 2380. The molecule has 4 unspecified atom stereocenters. The van der Waals surface area contributed by atoms with Crippen LogP contribution in [-0.4, -0.2) is 27.2 Å². The van der Waals surface area contributed by atoms with Crippen LogP contribution in [0, 0.1) is 10.8 Å². The van der Waals surface area contributed by atoms with E-state index in [0.717, 1.165) is 0 Å². The van der Waals surface area contributed by atoms with Crippen LogP contribution in [0.15, 0.2) is 84.9 Å². The third kappa shape index (κ3) is 5.03. The molecule has 4 aliphatic rings. The van der Waals surface area contributed by atoms with Gasteiger partial charge in [0.15, 0.2) is 0 Å². The monoisotopic (exact) mass is 772 g/mol. The minimum atomic E-state index is -1.46. The molecule has 2 aliphatic carbocycles. The first-order valence-electron chi connectivity index (χ1n) is 22.0. The van der Waals surface area contributed by atoms with Crippen LogP contribution in [0.3, 0.4) is 0 Å². The van der Waals surface area contributed by atoms with Gasteiger partial charge in [-0.15, -0.1) is 0 Å². The Morgan fingerprint density at radius 3 is 1.18 bits per heavy atom. The molecule has 2 saturated carbocycles. The first-order chi connectivity index (χ1) is 26.5. The van der Waals surface area contributed by atoms with Crippen molar-refractivity contribution >= 4 is 81.6 Å². The summed E-state index contributed by atoms with van der Waals surface area (Å²) in [6.07, 6.45) is 12.7. The Hall–Kier alpha value is -3.61. The molecule has 0 spiro atoms. The SMILES string of the molecule is CC12CCCCC1(C)N(c1ccc3ccc4c(N5c6ccc([Si](C)(C)C)cc6CC6(C)CCCCC56C)ccc5ccc1c3c54)c1ccc([Si](C)(C)C)cc1C2. The molecule has 10 rings (SSSR count). The Morgan fingerprint density at radius 2 is 0.786 bits per heavy atom. The lowest BCUT2D eigenvalue weighted by Crippen LogP contribution is -2.61. The topological polar surface area (TPSA) is 6.48 Å². The predicted molar refractivity (Wildman–Crippen MR) is 251 cm³/mol. The van der Waals surface area contributed by atoms with Crippen molar-refractivity contribution in [2.45, 2.75) is 142 Å². The molecule has 2 nitrogen and oxygen atoms in total. The zero-order valence-corrected chi connectivity index (χ0v) is 38.0. The highest BCUT2D eigenvalue weighted by Gasteiger charge is 2.55. The van der Waals surface area contributed by atoms with Crippen LogP contribution in [0.4, 0.5) is 22.7 Å². The van der Waals surface area contributed by atoms with Gasteiger partial charge in [0.25, 0.3) is 0 Å². The molecular formula is C52H64N2Si2. The first-order valence-corrected chi connectivity index (χ1v) is 29.0. The molecule has 0 saturated heterocycles. The zero-order valence-electron chi connectivity index (χ0n) is 36.0. The maximum Gasteiger partial charge on any atom is 0.0776 e. The molecule has 0 bridgehead atoms. The van der Waals surface area contributed by atoms with Crippen molar-refractivity contribution < 1.29 is 0 Å². The molecule has 0 aromatic heterocycles. The van der Waals surface area contributed by atoms with Crippen molar-refractivity contribution in [2.24, 2.45) is 10.8 Å². The van der Waals surface area contributed by atoms with Crippen molar-refractivity contribution in [3.05, 3.63) is 96.1 Å². The van der Waals surface area contributed by atoms with E-state index in [9.17, 15) is 0 Å². The summed E-state index contributed by atoms with van der Waals surface area (Å²) in [5.41, 5.74) is 9.30. The van der Waals surface area contributed by atoms with E-state index >= 15 is 0 Å². The highest BCUT2D eigenvalue weighted by atomic mass is 28.3. The maximum atomic E-state index is 2.86. The third-order valence-corrected chi connectivity index (χ3v) is 20.6. The average Bonchev–Trinajstić information content (AvgIpc) is 3.14. The summed E-state index contributed by atoms with van der Waals surface area (Å²) in [6, 6.07) is 34.9. The second kappa shape index (κ2) is 12.0.